The van der Waals surface area contributed by atoms with E-state index < -0.39 is 5.82 Å². The third-order valence-electron chi connectivity index (χ3n) is 4.84. The predicted octanol–water partition coefficient (Wildman–Crippen LogP) is 5.56. The van der Waals surface area contributed by atoms with Crippen molar-refractivity contribution in [3.05, 3.63) is 81.8 Å². The molecular weight excluding hydrogens is 401 g/mol. The Kier molecular flexibility index (Phi) is 5.34. The molecule has 30 heavy (non-hydrogen) atoms. The Morgan fingerprint density at radius 2 is 1.90 bits per heavy atom. The molecule has 0 aliphatic heterocycles. The zero-order chi connectivity index (χ0) is 21.3. The molecule has 1 heterocycles. The molecule has 0 saturated heterocycles. The zero-order valence-corrected chi connectivity index (χ0v) is 17.0. The lowest BCUT2D eigenvalue weighted by Crippen LogP contribution is -2.25. The van der Waals surface area contributed by atoms with Gasteiger partial charge in [-0.15, -0.1) is 11.3 Å². The maximum Gasteiger partial charge on any atom is 0.265 e. The van der Waals surface area contributed by atoms with Crippen LogP contribution in [0.3, 0.4) is 0 Å². The van der Waals surface area contributed by atoms with E-state index in [0.717, 1.165) is 23.3 Å². The number of nitrogens with one attached hydrogen (secondary N) is 2. The number of hydrogen-bond donors (Lipinski definition) is 2. The quantitative estimate of drug-likeness (QED) is 0.532. The van der Waals surface area contributed by atoms with Gasteiger partial charge in [0, 0.05) is 22.2 Å². The minimum absolute atomic E-state index is 0.0330. The van der Waals surface area contributed by atoms with Crippen LogP contribution < -0.4 is 10.6 Å². The lowest BCUT2D eigenvalue weighted by molar-refractivity contribution is 0.0949. The summed E-state index contributed by atoms with van der Waals surface area (Å²) in [5.74, 6) is -1.03. The Labute approximate surface area is 177 Å². The summed E-state index contributed by atoms with van der Waals surface area (Å²) in [7, 11) is 0. The molecule has 2 N–H and O–H groups in total. The molecule has 0 unspecified atom stereocenters. The molecule has 0 bridgehead atoms. The van der Waals surface area contributed by atoms with Gasteiger partial charge in [0.1, 0.15) is 5.82 Å². The second-order valence-corrected chi connectivity index (χ2v) is 8.26. The van der Waals surface area contributed by atoms with Crippen LogP contribution in [0.25, 0.3) is 15.3 Å². The van der Waals surface area contributed by atoms with Gasteiger partial charge in [0.25, 0.3) is 11.8 Å². The van der Waals surface area contributed by atoms with Crippen LogP contribution in [0.5, 0.6) is 0 Å². The SMILES string of the molecule is [C-]#[N+]c1ccc(-c2ccc(C(=O)Nc3cc(C(=O)NC4CC4)ccc3C)s2)cc1F. The van der Waals surface area contributed by atoms with Gasteiger partial charge in [-0.3, -0.25) is 9.59 Å². The minimum Gasteiger partial charge on any atom is -0.349 e. The van der Waals surface area contributed by atoms with E-state index in [1.807, 2.05) is 6.92 Å². The van der Waals surface area contributed by atoms with Gasteiger partial charge in [0.2, 0.25) is 5.69 Å². The normalized spacial score (nSPS) is 12.8. The summed E-state index contributed by atoms with van der Waals surface area (Å²) in [6, 6.07) is 13.3. The van der Waals surface area contributed by atoms with Crippen molar-refractivity contribution in [3.8, 4) is 10.4 Å². The summed E-state index contributed by atoms with van der Waals surface area (Å²) >= 11 is 1.23. The number of thiophene rings is 1. The Morgan fingerprint density at radius 1 is 1.10 bits per heavy atom. The van der Waals surface area contributed by atoms with Crippen molar-refractivity contribution in [3.63, 3.8) is 0 Å². The van der Waals surface area contributed by atoms with E-state index in [9.17, 15) is 14.0 Å². The fourth-order valence-corrected chi connectivity index (χ4v) is 3.84. The molecule has 1 saturated carbocycles. The van der Waals surface area contributed by atoms with Crippen LogP contribution >= 0.6 is 11.3 Å². The monoisotopic (exact) mass is 419 g/mol. The zero-order valence-electron chi connectivity index (χ0n) is 16.2. The average Bonchev–Trinajstić information content (AvgIpc) is 3.40. The fourth-order valence-electron chi connectivity index (χ4n) is 2.94. The molecule has 1 aliphatic rings. The predicted molar refractivity (Wildman–Crippen MR) is 116 cm³/mol. The number of carbonyl (C=O) groups is 2. The molecule has 2 aromatic carbocycles. The molecule has 0 spiro atoms. The first-order chi connectivity index (χ1) is 14.4. The van der Waals surface area contributed by atoms with Crippen molar-refractivity contribution >= 4 is 34.5 Å². The highest BCUT2D eigenvalue weighted by atomic mass is 32.1. The molecule has 5 nitrogen and oxygen atoms in total. The van der Waals surface area contributed by atoms with E-state index in [1.165, 1.54) is 23.5 Å². The van der Waals surface area contributed by atoms with Gasteiger partial charge in [-0.2, -0.15) is 0 Å². The Balaban J connectivity index is 1.51. The van der Waals surface area contributed by atoms with E-state index in [0.29, 0.717) is 21.7 Å². The Bertz CT molecular complexity index is 1190. The van der Waals surface area contributed by atoms with Crippen LogP contribution in [-0.2, 0) is 0 Å². The van der Waals surface area contributed by atoms with E-state index in [2.05, 4.69) is 15.5 Å². The van der Waals surface area contributed by atoms with Gasteiger partial charge in [-0.25, -0.2) is 9.24 Å². The Hall–Kier alpha value is -3.50. The van der Waals surface area contributed by atoms with E-state index in [1.54, 1.807) is 36.4 Å². The molecule has 1 fully saturated rings. The number of anilines is 1. The second kappa shape index (κ2) is 8.09. The van der Waals surface area contributed by atoms with Gasteiger partial charge in [0.05, 0.1) is 11.4 Å². The highest BCUT2D eigenvalue weighted by Gasteiger charge is 2.24. The minimum atomic E-state index is -0.584. The molecule has 0 radical (unpaired) electrons. The average molecular weight is 419 g/mol. The van der Waals surface area contributed by atoms with Crippen molar-refractivity contribution in [2.45, 2.75) is 25.8 Å². The van der Waals surface area contributed by atoms with Crippen molar-refractivity contribution in [2.24, 2.45) is 0 Å². The number of hydrogen-bond acceptors (Lipinski definition) is 3. The number of aryl methyl sites for hydroxylation is 1. The molecule has 4 rings (SSSR count). The standard InChI is InChI=1S/C23H18FN3O2S/c1-13-3-4-15(22(28)26-16-6-7-16)12-19(13)27-23(29)21-10-9-20(30-21)14-5-8-18(25-2)17(24)11-14/h3-5,8-12,16H,6-7H2,1H3,(H,26,28)(H,27,29). The van der Waals surface area contributed by atoms with E-state index in [4.69, 9.17) is 6.57 Å². The molecule has 3 aromatic rings. The van der Waals surface area contributed by atoms with Crippen molar-refractivity contribution < 1.29 is 14.0 Å². The summed E-state index contributed by atoms with van der Waals surface area (Å²) in [6.45, 7) is 8.79. The van der Waals surface area contributed by atoms with Gasteiger partial charge >= 0.3 is 0 Å². The van der Waals surface area contributed by atoms with Crippen LogP contribution in [0.15, 0.2) is 48.5 Å². The maximum absolute atomic E-state index is 13.9. The van der Waals surface area contributed by atoms with Crippen LogP contribution in [0.1, 0.15) is 38.4 Å². The van der Waals surface area contributed by atoms with Crippen molar-refractivity contribution in [1.82, 2.24) is 5.32 Å². The lowest BCUT2D eigenvalue weighted by Gasteiger charge is -2.10. The first-order valence-electron chi connectivity index (χ1n) is 9.44. The Morgan fingerprint density at radius 3 is 2.60 bits per heavy atom. The van der Waals surface area contributed by atoms with Crippen molar-refractivity contribution in [2.75, 3.05) is 5.32 Å². The largest absolute Gasteiger partial charge is 0.349 e. The molecule has 1 aliphatic carbocycles. The number of halogens is 1. The van der Waals surface area contributed by atoms with Crippen LogP contribution in [-0.4, -0.2) is 17.9 Å². The summed E-state index contributed by atoms with van der Waals surface area (Å²) in [6.07, 6.45) is 2.01. The topological polar surface area (TPSA) is 62.6 Å². The van der Waals surface area contributed by atoms with E-state index >= 15 is 0 Å². The molecular formula is C23H18FN3O2S. The smallest absolute Gasteiger partial charge is 0.265 e. The van der Waals surface area contributed by atoms with Crippen molar-refractivity contribution in [1.29, 1.82) is 0 Å². The van der Waals surface area contributed by atoms with Gasteiger partial charge in [0.15, 0.2) is 0 Å². The van der Waals surface area contributed by atoms with Crippen LogP contribution in [0.2, 0.25) is 0 Å². The summed E-state index contributed by atoms with van der Waals surface area (Å²) in [5.41, 5.74) is 2.50. The highest BCUT2D eigenvalue weighted by molar-refractivity contribution is 7.17. The first kappa shape index (κ1) is 19.8. The number of benzene rings is 2. The molecule has 2 amide bonds. The molecule has 1 aromatic heterocycles. The first-order valence-corrected chi connectivity index (χ1v) is 10.3. The molecule has 150 valence electrons. The second-order valence-electron chi connectivity index (χ2n) is 7.17. The number of nitrogens with zero attached hydrogens (tertiary/aromatic N) is 1. The molecule has 0 atom stereocenters. The molecule has 7 heteroatoms. The van der Waals surface area contributed by atoms with E-state index in [-0.39, 0.29) is 23.5 Å². The maximum atomic E-state index is 13.9. The van der Waals surface area contributed by atoms with Gasteiger partial charge in [-0.1, -0.05) is 18.2 Å². The van der Waals surface area contributed by atoms with Crippen LogP contribution in [0.4, 0.5) is 15.8 Å². The number of rotatable bonds is 5. The third kappa shape index (κ3) is 4.24. The fraction of sp³-hybridized carbons (Fsp3) is 0.174. The van der Waals surface area contributed by atoms with Gasteiger partial charge in [-0.05, 0) is 61.2 Å². The number of amides is 2. The highest BCUT2D eigenvalue weighted by Crippen LogP contribution is 2.32. The summed E-state index contributed by atoms with van der Waals surface area (Å²) < 4.78 is 13.9. The summed E-state index contributed by atoms with van der Waals surface area (Å²) in [5, 5.41) is 5.80. The van der Waals surface area contributed by atoms with Crippen LogP contribution in [0, 0.1) is 19.3 Å². The van der Waals surface area contributed by atoms with Gasteiger partial charge < -0.3 is 10.6 Å². The number of carbonyl (C=O) groups excluding carboxylic acids is 2. The summed E-state index contributed by atoms with van der Waals surface area (Å²) in [4.78, 5) is 29.3. The lowest BCUT2D eigenvalue weighted by atomic mass is 10.1. The third-order valence-corrected chi connectivity index (χ3v) is 5.98.